The molecule has 5 nitrogen and oxygen atoms in total. The zero-order valence-electron chi connectivity index (χ0n) is 11.3. The number of hydrogen-bond donors (Lipinski definition) is 1. The second-order valence-electron chi connectivity index (χ2n) is 4.62. The summed E-state index contributed by atoms with van der Waals surface area (Å²) in [6.45, 7) is 0.914. The molecule has 6 heteroatoms. The van der Waals surface area contributed by atoms with Crippen LogP contribution in [0, 0.1) is 0 Å². The van der Waals surface area contributed by atoms with Crippen molar-refractivity contribution in [1.82, 2.24) is 20.0 Å². The van der Waals surface area contributed by atoms with Crippen LogP contribution in [0.1, 0.15) is 11.3 Å². The lowest BCUT2D eigenvalue weighted by molar-refractivity contribution is 0.654. The summed E-state index contributed by atoms with van der Waals surface area (Å²) in [6.07, 6.45) is 3.52. The molecule has 106 valence electrons. The molecule has 0 atom stereocenters. The first kappa shape index (κ1) is 13.7. The number of rotatable bonds is 4. The Balaban J connectivity index is 2.02. The molecule has 0 aliphatic heterocycles. The zero-order valence-corrected chi connectivity index (χ0v) is 12.0. The Morgan fingerprint density at radius 1 is 1.19 bits per heavy atom. The van der Waals surface area contributed by atoms with Crippen LogP contribution in [0.4, 0.5) is 0 Å². The van der Waals surface area contributed by atoms with Gasteiger partial charge in [-0.05, 0) is 29.8 Å². The molecule has 0 saturated heterocycles. The van der Waals surface area contributed by atoms with Crippen molar-refractivity contribution in [3.05, 3.63) is 65.1 Å². The minimum Gasteiger partial charge on any atom is -0.325 e. The van der Waals surface area contributed by atoms with E-state index in [0.29, 0.717) is 18.1 Å². The predicted molar refractivity (Wildman–Crippen MR) is 81.7 cm³/mol. The van der Waals surface area contributed by atoms with E-state index in [4.69, 9.17) is 17.3 Å². The van der Waals surface area contributed by atoms with Gasteiger partial charge >= 0.3 is 0 Å². The highest BCUT2D eigenvalue weighted by Gasteiger charge is 2.14. The molecule has 0 aliphatic rings. The lowest BCUT2D eigenvalue weighted by Gasteiger charge is -2.08. The molecule has 3 rings (SSSR count). The first-order valence-corrected chi connectivity index (χ1v) is 6.93. The van der Waals surface area contributed by atoms with Gasteiger partial charge in [-0.1, -0.05) is 28.9 Å². The van der Waals surface area contributed by atoms with Gasteiger partial charge in [0.2, 0.25) is 0 Å². The van der Waals surface area contributed by atoms with Crippen LogP contribution in [0.2, 0.25) is 5.02 Å². The lowest BCUT2D eigenvalue weighted by Crippen LogP contribution is -2.06. The van der Waals surface area contributed by atoms with Crippen LogP contribution in [0.25, 0.3) is 11.3 Å². The Morgan fingerprint density at radius 3 is 2.81 bits per heavy atom. The number of hydrogen-bond acceptors (Lipinski definition) is 4. The fraction of sp³-hybridized carbons (Fsp3) is 0.133. The van der Waals surface area contributed by atoms with E-state index < -0.39 is 0 Å². The van der Waals surface area contributed by atoms with Crippen molar-refractivity contribution in [2.75, 3.05) is 0 Å². The molecule has 1 aromatic carbocycles. The first-order chi connectivity index (χ1) is 10.3. The van der Waals surface area contributed by atoms with Crippen molar-refractivity contribution >= 4 is 11.6 Å². The van der Waals surface area contributed by atoms with E-state index in [1.54, 1.807) is 12.4 Å². The lowest BCUT2D eigenvalue weighted by atomic mass is 10.1. The quantitative estimate of drug-likeness (QED) is 0.803. The van der Waals surface area contributed by atoms with Gasteiger partial charge in [-0.15, -0.1) is 5.10 Å². The molecule has 0 bridgehead atoms. The fourth-order valence-corrected chi connectivity index (χ4v) is 2.44. The molecule has 0 fully saturated rings. The van der Waals surface area contributed by atoms with E-state index in [1.165, 1.54) is 0 Å². The highest BCUT2D eigenvalue weighted by molar-refractivity contribution is 6.30. The van der Waals surface area contributed by atoms with Crippen LogP contribution < -0.4 is 5.73 Å². The maximum absolute atomic E-state index is 6.03. The Morgan fingerprint density at radius 2 is 2.10 bits per heavy atom. The molecule has 0 saturated carbocycles. The van der Waals surface area contributed by atoms with E-state index in [0.717, 1.165) is 22.5 Å². The molecule has 21 heavy (non-hydrogen) atoms. The van der Waals surface area contributed by atoms with Crippen molar-refractivity contribution in [2.45, 2.75) is 13.1 Å². The Kier molecular flexibility index (Phi) is 3.94. The van der Waals surface area contributed by atoms with Gasteiger partial charge in [0.05, 0.1) is 12.2 Å². The molecule has 2 aromatic heterocycles. The van der Waals surface area contributed by atoms with Crippen LogP contribution in [0.5, 0.6) is 0 Å². The summed E-state index contributed by atoms with van der Waals surface area (Å²) in [5.41, 5.74) is 9.42. The number of benzene rings is 1. The van der Waals surface area contributed by atoms with Crippen LogP contribution >= 0.6 is 11.6 Å². The Hall–Kier alpha value is -2.24. The van der Waals surface area contributed by atoms with Crippen molar-refractivity contribution in [1.29, 1.82) is 0 Å². The summed E-state index contributed by atoms with van der Waals surface area (Å²) in [6, 6.07) is 11.5. The second-order valence-corrected chi connectivity index (χ2v) is 5.05. The highest BCUT2D eigenvalue weighted by atomic mass is 35.5. The van der Waals surface area contributed by atoms with E-state index in [1.807, 2.05) is 41.1 Å². The topological polar surface area (TPSA) is 69.6 Å². The number of nitrogens with zero attached hydrogens (tertiary/aromatic N) is 4. The van der Waals surface area contributed by atoms with Gasteiger partial charge < -0.3 is 5.73 Å². The van der Waals surface area contributed by atoms with E-state index in [-0.39, 0.29) is 0 Å². The summed E-state index contributed by atoms with van der Waals surface area (Å²) < 4.78 is 1.82. The normalized spacial score (nSPS) is 10.8. The number of nitrogens with two attached hydrogens (primary N) is 1. The molecule has 2 N–H and O–H groups in total. The molecule has 3 aromatic rings. The van der Waals surface area contributed by atoms with Crippen molar-refractivity contribution < 1.29 is 0 Å². The average Bonchev–Trinajstić information content (AvgIpc) is 2.91. The van der Waals surface area contributed by atoms with Gasteiger partial charge in [-0.2, -0.15) is 0 Å². The summed E-state index contributed by atoms with van der Waals surface area (Å²) in [5.74, 6) is 0. The van der Waals surface area contributed by atoms with Gasteiger partial charge in [0.25, 0.3) is 0 Å². The fourth-order valence-electron chi connectivity index (χ4n) is 2.22. The third-order valence-electron chi connectivity index (χ3n) is 3.15. The van der Waals surface area contributed by atoms with Crippen molar-refractivity contribution in [3.63, 3.8) is 0 Å². The minimum atomic E-state index is 0.333. The van der Waals surface area contributed by atoms with E-state index in [9.17, 15) is 0 Å². The summed E-state index contributed by atoms with van der Waals surface area (Å²) in [7, 11) is 0. The van der Waals surface area contributed by atoms with Crippen LogP contribution in [-0.2, 0) is 13.1 Å². The minimum absolute atomic E-state index is 0.333. The molecule has 0 aliphatic carbocycles. The van der Waals surface area contributed by atoms with Gasteiger partial charge in [0.15, 0.2) is 0 Å². The standard InChI is InChI=1S/C15H14ClN5/c16-13-5-1-3-11(7-13)10-21-15(14(8-17)19-20-21)12-4-2-6-18-9-12/h1-7,9H,8,10,17H2. The molecule has 0 radical (unpaired) electrons. The Bertz CT molecular complexity index is 739. The summed E-state index contributed by atoms with van der Waals surface area (Å²) in [4.78, 5) is 4.15. The van der Waals surface area contributed by atoms with Crippen LogP contribution in [0.3, 0.4) is 0 Å². The van der Waals surface area contributed by atoms with Crippen LogP contribution in [0.15, 0.2) is 48.8 Å². The van der Waals surface area contributed by atoms with Gasteiger partial charge in [0, 0.05) is 29.5 Å². The smallest absolute Gasteiger partial charge is 0.104 e. The molecule has 0 amide bonds. The highest BCUT2D eigenvalue weighted by Crippen LogP contribution is 2.22. The molecular formula is C15H14ClN5. The maximum Gasteiger partial charge on any atom is 0.104 e. The first-order valence-electron chi connectivity index (χ1n) is 6.55. The number of aromatic nitrogens is 4. The molecule has 0 spiro atoms. The number of pyridine rings is 1. The number of halogens is 1. The van der Waals surface area contributed by atoms with E-state index >= 15 is 0 Å². The maximum atomic E-state index is 6.03. The SMILES string of the molecule is NCc1nnn(Cc2cccc(Cl)c2)c1-c1cccnc1. The third-order valence-corrected chi connectivity index (χ3v) is 3.39. The summed E-state index contributed by atoms with van der Waals surface area (Å²) >= 11 is 6.03. The zero-order chi connectivity index (χ0) is 14.7. The van der Waals surface area contributed by atoms with Crippen molar-refractivity contribution in [3.8, 4) is 11.3 Å². The Labute approximate surface area is 127 Å². The second kappa shape index (κ2) is 6.03. The van der Waals surface area contributed by atoms with Crippen LogP contribution in [-0.4, -0.2) is 20.0 Å². The van der Waals surface area contributed by atoms with Gasteiger partial charge in [-0.3, -0.25) is 4.98 Å². The molecule has 2 heterocycles. The predicted octanol–water partition coefficient (Wildman–Crippen LogP) is 2.50. The van der Waals surface area contributed by atoms with Crippen molar-refractivity contribution in [2.24, 2.45) is 5.73 Å². The van der Waals surface area contributed by atoms with Gasteiger partial charge in [0.1, 0.15) is 5.69 Å². The average molecular weight is 300 g/mol. The molecule has 0 unspecified atom stereocenters. The summed E-state index contributed by atoms with van der Waals surface area (Å²) in [5, 5.41) is 9.06. The third kappa shape index (κ3) is 2.94. The largest absolute Gasteiger partial charge is 0.325 e. The van der Waals surface area contributed by atoms with Gasteiger partial charge in [-0.25, -0.2) is 4.68 Å². The molecular weight excluding hydrogens is 286 g/mol. The van der Waals surface area contributed by atoms with E-state index in [2.05, 4.69) is 15.3 Å². The monoisotopic (exact) mass is 299 g/mol.